The first-order chi connectivity index (χ1) is 9.00. The average Bonchev–Trinajstić information content (AvgIpc) is 2.41. The molecule has 1 aromatic carbocycles. The molecule has 0 saturated carbocycles. The van der Waals surface area contributed by atoms with E-state index in [0.717, 1.165) is 19.3 Å². The monoisotopic (exact) mass is 280 g/mol. The molecule has 19 heavy (non-hydrogen) atoms. The Labute approximate surface area is 117 Å². The van der Waals surface area contributed by atoms with E-state index in [-0.39, 0.29) is 17.8 Å². The lowest BCUT2D eigenvalue weighted by Crippen LogP contribution is -2.49. The zero-order chi connectivity index (χ0) is 14.0. The normalized spacial score (nSPS) is 19.3. The van der Waals surface area contributed by atoms with Gasteiger partial charge in [0, 0.05) is 12.1 Å². The fourth-order valence-corrected chi connectivity index (χ4v) is 2.61. The van der Waals surface area contributed by atoms with Gasteiger partial charge in [-0.2, -0.15) is 0 Å². The molecule has 1 fully saturated rings. The van der Waals surface area contributed by atoms with Crippen molar-refractivity contribution in [1.29, 1.82) is 0 Å². The smallest absolute Gasteiger partial charge is 0.254 e. The molecule has 1 aliphatic rings. The molecule has 1 unspecified atom stereocenters. The van der Waals surface area contributed by atoms with Gasteiger partial charge in [0.15, 0.2) is 0 Å². The van der Waals surface area contributed by atoms with Crippen LogP contribution in [0.25, 0.3) is 0 Å². The Morgan fingerprint density at radius 3 is 2.84 bits per heavy atom. The third-order valence-corrected chi connectivity index (χ3v) is 3.78. The first kappa shape index (κ1) is 13.9. The van der Waals surface area contributed by atoms with E-state index >= 15 is 0 Å². The zero-order valence-electron chi connectivity index (χ0n) is 10.9. The minimum atomic E-state index is -0.366. The van der Waals surface area contributed by atoms with E-state index in [1.54, 1.807) is 24.0 Å². The third-order valence-electron chi connectivity index (χ3n) is 3.51. The van der Waals surface area contributed by atoms with Gasteiger partial charge in [-0.1, -0.05) is 18.3 Å². The summed E-state index contributed by atoms with van der Waals surface area (Å²) in [4.78, 5) is 14.4. The van der Waals surface area contributed by atoms with Gasteiger partial charge in [-0.3, -0.25) is 4.79 Å². The van der Waals surface area contributed by atoms with Crippen LogP contribution in [-0.2, 0) is 0 Å². The zero-order valence-corrected chi connectivity index (χ0v) is 11.7. The molecule has 1 aliphatic heterocycles. The van der Waals surface area contributed by atoms with E-state index in [2.05, 4.69) is 0 Å². The lowest BCUT2D eigenvalue weighted by Gasteiger charge is -2.35. The summed E-state index contributed by atoms with van der Waals surface area (Å²) in [6.45, 7) is 2.29. The van der Waals surface area contributed by atoms with Crippen LogP contribution in [0.5, 0.6) is 0 Å². The summed E-state index contributed by atoms with van der Waals surface area (Å²) in [5.41, 5.74) is 6.57. The minimum Gasteiger partial charge on any atom is -0.392 e. The Balaban J connectivity index is 2.26. The Hall–Kier alpha value is -1.49. The van der Waals surface area contributed by atoms with E-state index in [9.17, 15) is 9.18 Å². The number of hydrogen-bond donors (Lipinski definition) is 1. The number of rotatable bonds is 2. The summed E-state index contributed by atoms with van der Waals surface area (Å²) >= 11 is 5.02. The highest BCUT2D eigenvalue weighted by Crippen LogP contribution is 2.21. The van der Waals surface area contributed by atoms with Crippen molar-refractivity contribution in [2.45, 2.75) is 32.2 Å². The summed E-state index contributed by atoms with van der Waals surface area (Å²) in [5.74, 6) is -0.564. The van der Waals surface area contributed by atoms with Gasteiger partial charge < -0.3 is 10.6 Å². The number of benzene rings is 1. The Bertz CT molecular complexity index is 518. The van der Waals surface area contributed by atoms with Crippen LogP contribution in [0.2, 0.25) is 0 Å². The Kier molecular flexibility index (Phi) is 4.14. The Morgan fingerprint density at radius 2 is 2.21 bits per heavy atom. The van der Waals surface area contributed by atoms with Gasteiger partial charge in [0.25, 0.3) is 5.91 Å². The predicted octanol–water partition coefficient (Wildman–Crippen LogP) is 2.41. The van der Waals surface area contributed by atoms with Crippen LogP contribution in [-0.4, -0.2) is 28.4 Å². The van der Waals surface area contributed by atoms with Gasteiger partial charge in [0.2, 0.25) is 0 Å². The maximum atomic E-state index is 13.5. The number of halogens is 1. The van der Waals surface area contributed by atoms with Gasteiger partial charge in [-0.15, -0.1) is 0 Å². The fraction of sp³-hybridized carbons (Fsp3) is 0.429. The van der Waals surface area contributed by atoms with E-state index < -0.39 is 0 Å². The number of thiocarbonyl (C=S) groups is 1. The quantitative estimate of drug-likeness (QED) is 0.846. The molecule has 0 spiro atoms. The van der Waals surface area contributed by atoms with Crippen LogP contribution in [0.15, 0.2) is 18.2 Å². The fourth-order valence-electron chi connectivity index (χ4n) is 2.36. The summed E-state index contributed by atoms with van der Waals surface area (Å²) in [5, 5.41) is 0. The van der Waals surface area contributed by atoms with Gasteiger partial charge in [0.1, 0.15) is 5.82 Å². The van der Waals surface area contributed by atoms with Crippen LogP contribution in [0, 0.1) is 12.7 Å². The van der Waals surface area contributed by atoms with E-state index in [0.29, 0.717) is 22.7 Å². The molecular weight excluding hydrogens is 263 g/mol. The Morgan fingerprint density at radius 1 is 1.47 bits per heavy atom. The molecule has 2 rings (SSSR count). The molecule has 1 amide bonds. The van der Waals surface area contributed by atoms with Crippen LogP contribution < -0.4 is 5.73 Å². The van der Waals surface area contributed by atoms with Crippen LogP contribution >= 0.6 is 12.2 Å². The lowest BCUT2D eigenvalue weighted by molar-refractivity contribution is 0.0681. The number of nitrogens with zero attached hydrogens (tertiary/aromatic N) is 1. The maximum absolute atomic E-state index is 13.5. The number of aryl methyl sites for hydroxylation is 1. The van der Waals surface area contributed by atoms with E-state index in [4.69, 9.17) is 18.0 Å². The van der Waals surface area contributed by atoms with Gasteiger partial charge >= 0.3 is 0 Å². The molecule has 1 aromatic rings. The van der Waals surface area contributed by atoms with Crippen molar-refractivity contribution in [3.8, 4) is 0 Å². The van der Waals surface area contributed by atoms with Crippen molar-refractivity contribution in [3.05, 3.63) is 35.1 Å². The molecule has 0 aliphatic carbocycles. The molecule has 2 N–H and O–H groups in total. The molecule has 0 radical (unpaired) electrons. The van der Waals surface area contributed by atoms with Crippen molar-refractivity contribution in [2.24, 2.45) is 5.73 Å². The summed E-state index contributed by atoms with van der Waals surface area (Å²) < 4.78 is 13.5. The minimum absolute atomic E-state index is 0.198. The third kappa shape index (κ3) is 2.92. The second kappa shape index (κ2) is 5.65. The number of nitrogens with two attached hydrogens (primary N) is 1. The molecular formula is C14H17FN2OS. The molecule has 1 atom stereocenters. The van der Waals surface area contributed by atoms with Crippen molar-refractivity contribution >= 4 is 23.1 Å². The van der Waals surface area contributed by atoms with Crippen molar-refractivity contribution in [3.63, 3.8) is 0 Å². The highest BCUT2D eigenvalue weighted by atomic mass is 32.1. The van der Waals surface area contributed by atoms with Crippen molar-refractivity contribution in [1.82, 2.24) is 4.90 Å². The number of carbonyl (C=O) groups excluding carboxylic acids is 1. The van der Waals surface area contributed by atoms with E-state index in [1.807, 2.05) is 0 Å². The standard InChI is InChI=1S/C14H17FN2OS/c1-9-5-6-10(8-11(9)15)14(18)17-7-3-2-4-12(17)13(16)19/h5-6,8,12H,2-4,7H2,1H3,(H2,16,19). The maximum Gasteiger partial charge on any atom is 0.254 e. The predicted molar refractivity (Wildman–Crippen MR) is 76.6 cm³/mol. The van der Waals surface area contributed by atoms with Crippen LogP contribution in [0.4, 0.5) is 4.39 Å². The van der Waals surface area contributed by atoms with Crippen LogP contribution in [0.3, 0.4) is 0 Å². The summed E-state index contributed by atoms with van der Waals surface area (Å²) in [6, 6.07) is 4.33. The molecule has 1 heterocycles. The lowest BCUT2D eigenvalue weighted by atomic mass is 10.0. The summed E-state index contributed by atoms with van der Waals surface area (Å²) in [7, 11) is 0. The molecule has 3 nitrogen and oxygen atoms in total. The summed E-state index contributed by atoms with van der Waals surface area (Å²) in [6.07, 6.45) is 2.72. The second-order valence-corrected chi connectivity index (χ2v) is 5.35. The number of piperidine rings is 1. The van der Waals surface area contributed by atoms with Crippen molar-refractivity contribution in [2.75, 3.05) is 6.54 Å². The molecule has 5 heteroatoms. The number of carbonyl (C=O) groups is 1. The SMILES string of the molecule is Cc1ccc(C(=O)N2CCCCC2C(N)=S)cc1F. The first-order valence-electron chi connectivity index (χ1n) is 6.37. The topological polar surface area (TPSA) is 46.3 Å². The first-order valence-corrected chi connectivity index (χ1v) is 6.78. The van der Waals surface area contributed by atoms with E-state index in [1.165, 1.54) is 6.07 Å². The number of hydrogen-bond acceptors (Lipinski definition) is 2. The number of amides is 1. The van der Waals surface area contributed by atoms with Crippen molar-refractivity contribution < 1.29 is 9.18 Å². The molecule has 1 saturated heterocycles. The average molecular weight is 280 g/mol. The van der Waals surface area contributed by atoms with Gasteiger partial charge in [0.05, 0.1) is 11.0 Å². The molecule has 0 aromatic heterocycles. The second-order valence-electron chi connectivity index (χ2n) is 4.88. The molecule has 102 valence electrons. The highest BCUT2D eigenvalue weighted by molar-refractivity contribution is 7.80. The van der Waals surface area contributed by atoms with Gasteiger partial charge in [-0.25, -0.2) is 4.39 Å². The largest absolute Gasteiger partial charge is 0.392 e. The van der Waals surface area contributed by atoms with Crippen LogP contribution in [0.1, 0.15) is 35.2 Å². The van der Waals surface area contributed by atoms with Gasteiger partial charge in [-0.05, 0) is 43.9 Å². The number of likely N-dealkylation sites (tertiary alicyclic amines) is 1. The molecule has 0 bridgehead atoms. The highest BCUT2D eigenvalue weighted by Gasteiger charge is 2.29.